The summed E-state index contributed by atoms with van der Waals surface area (Å²) in [7, 11) is 0. The Morgan fingerprint density at radius 1 is 1.48 bits per heavy atom. The van der Waals surface area contributed by atoms with E-state index in [-0.39, 0.29) is 5.91 Å². The predicted octanol–water partition coefficient (Wildman–Crippen LogP) is 2.65. The van der Waals surface area contributed by atoms with Gasteiger partial charge in [-0.15, -0.1) is 0 Å². The predicted molar refractivity (Wildman–Crippen MR) is 78.7 cm³/mol. The van der Waals surface area contributed by atoms with Crippen LogP contribution in [0.4, 0.5) is 0 Å². The third kappa shape index (κ3) is 2.66. The largest absolute Gasteiger partial charge is 0.463 e. The molecule has 0 atom stereocenters. The van der Waals surface area contributed by atoms with Gasteiger partial charge in [-0.2, -0.15) is 5.10 Å². The smallest absolute Gasteiger partial charge is 0.290 e. The molecule has 0 radical (unpaired) electrons. The molecule has 3 aromatic rings. The number of halogens is 1. The van der Waals surface area contributed by atoms with Crippen molar-refractivity contribution in [2.24, 2.45) is 5.10 Å². The van der Waals surface area contributed by atoms with Crippen LogP contribution in [-0.4, -0.2) is 21.5 Å². The van der Waals surface area contributed by atoms with E-state index in [0.717, 1.165) is 0 Å². The van der Waals surface area contributed by atoms with Crippen LogP contribution in [0.25, 0.3) is 5.65 Å². The maximum Gasteiger partial charge on any atom is 0.290 e. The minimum atomic E-state index is -0.370. The number of carbonyl (C=O) groups is 1. The van der Waals surface area contributed by atoms with Gasteiger partial charge in [0.05, 0.1) is 23.2 Å². The fourth-order valence-electron chi connectivity index (χ4n) is 1.98. The number of carbonyl (C=O) groups excluding carboxylic acids is 1. The number of rotatable bonds is 3. The lowest BCUT2D eigenvalue weighted by atomic mass is 10.3. The average molecular weight is 303 g/mol. The molecule has 0 aliphatic rings. The molecule has 3 heterocycles. The quantitative estimate of drug-likeness (QED) is 0.597. The van der Waals surface area contributed by atoms with Crippen molar-refractivity contribution >= 4 is 29.4 Å². The molecule has 6 nitrogen and oxygen atoms in total. The van der Waals surface area contributed by atoms with Gasteiger partial charge in [-0.3, -0.25) is 9.20 Å². The highest BCUT2D eigenvalue weighted by Gasteiger charge is 2.16. The van der Waals surface area contributed by atoms with Crippen molar-refractivity contribution in [1.82, 2.24) is 14.8 Å². The van der Waals surface area contributed by atoms with E-state index in [0.29, 0.717) is 27.8 Å². The monoisotopic (exact) mass is 302 g/mol. The molecule has 106 valence electrons. The second-order valence-corrected chi connectivity index (χ2v) is 4.77. The lowest BCUT2D eigenvalue weighted by Gasteiger charge is -2.01. The summed E-state index contributed by atoms with van der Waals surface area (Å²) in [5, 5.41) is 4.37. The Bertz CT molecular complexity index is 821. The van der Waals surface area contributed by atoms with Crippen LogP contribution in [0, 0.1) is 6.92 Å². The Morgan fingerprint density at radius 2 is 2.33 bits per heavy atom. The maximum absolute atomic E-state index is 12.2. The van der Waals surface area contributed by atoms with Crippen molar-refractivity contribution in [3.05, 3.63) is 58.9 Å². The van der Waals surface area contributed by atoms with Crippen LogP contribution in [0.3, 0.4) is 0 Å². The third-order valence-corrected chi connectivity index (χ3v) is 3.10. The maximum atomic E-state index is 12.2. The number of furan rings is 1. The van der Waals surface area contributed by atoms with Crippen LogP contribution in [0.1, 0.15) is 21.9 Å². The molecular formula is C14H11ClN4O2. The van der Waals surface area contributed by atoms with Gasteiger partial charge >= 0.3 is 0 Å². The highest BCUT2D eigenvalue weighted by molar-refractivity contribution is 6.30. The van der Waals surface area contributed by atoms with Gasteiger partial charge in [-0.25, -0.2) is 10.4 Å². The number of hydrogen-bond acceptors (Lipinski definition) is 4. The molecule has 1 amide bonds. The minimum absolute atomic E-state index is 0.370. The molecule has 0 bridgehead atoms. The van der Waals surface area contributed by atoms with Crippen LogP contribution < -0.4 is 5.43 Å². The second-order valence-electron chi connectivity index (χ2n) is 4.34. The van der Waals surface area contributed by atoms with Crippen molar-refractivity contribution in [2.75, 3.05) is 0 Å². The lowest BCUT2D eigenvalue weighted by molar-refractivity contribution is 0.0948. The standard InChI is InChI=1S/C14H11ClN4O2/c1-9-13(19-8-10(15)4-5-12(19)17-9)14(20)18-16-7-11-3-2-6-21-11/h2-8H,1H3,(H,18,20)/b16-7+. The molecular weight excluding hydrogens is 292 g/mol. The van der Waals surface area contributed by atoms with Gasteiger partial charge in [0.25, 0.3) is 5.91 Å². The summed E-state index contributed by atoms with van der Waals surface area (Å²) >= 11 is 5.95. The Morgan fingerprint density at radius 3 is 3.10 bits per heavy atom. The fourth-order valence-corrected chi connectivity index (χ4v) is 2.14. The Labute approximate surface area is 125 Å². The summed E-state index contributed by atoms with van der Waals surface area (Å²) in [6.45, 7) is 1.76. The van der Waals surface area contributed by atoms with Crippen molar-refractivity contribution < 1.29 is 9.21 Å². The highest BCUT2D eigenvalue weighted by atomic mass is 35.5. The van der Waals surface area contributed by atoms with E-state index in [9.17, 15) is 4.79 Å². The molecule has 7 heteroatoms. The summed E-state index contributed by atoms with van der Waals surface area (Å²) in [5.74, 6) is 0.179. The zero-order valence-corrected chi connectivity index (χ0v) is 11.8. The first kappa shape index (κ1) is 13.4. The van der Waals surface area contributed by atoms with E-state index in [1.807, 2.05) is 0 Å². The van der Waals surface area contributed by atoms with Gasteiger partial charge in [-0.1, -0.05) is 11.6 Å². The number of nitrogens with zero attached hydrogens (tertiary/aromatic N) is 3. The SMILES string of the molecule is Cc1nc2ccc(Cl)cn2c1C(=O)N/N=C/c1ccco1. The van der Waals surface area contributed by atoms with Crippen molar-refractivity contribution in [1.29, 1.82) is 0 Å². The molecule has 21 heavy (non-hydrogen) atoms. The molecule has 3 aromatic heterocycles. The van der Waals surface area contributed by atoms with Gasteiger partial charge in [-0.05, 0) is 31.2 Å². The summed E-state index contributed by atoms with van der Waals surface area (Å²) in [6.07, 6.45) is 4.59. The Kier molecular flexibility index (Phi) is 3.45. The van der Waals surface area contributed by atoms with Crippen LogP contribution in [0.5, 0.6) is 0 Å². The van der Waals surface area contributed by atoms with Crippen molar-refractivity contribution in [2.45, 2.75) is 6.92 Å². The van der Waals surface area contributed by atoms with E-state index in [2.05, 4.69) is 15.5 Å². The highest BCUT2D eigenvalue weighted by Crippen LogP contribution is 2.16. The summed E-state index contributed by atoms with van der Waals surface area (Å²) in [4.78, 5) is 16.5. The topological polar surface area (TPSA) is 71.9 Å². The van der Waals surface area contributed by atoms with E-state index < -0.39 is 0 Å². The van der Waals surface area contributed by atoms with Crippen molar-refractivity contribution in [3.8, 4) is 0 Å². The summed E-state index contributed by atoms with van der Waals surface area (Å²) in [5.41, 5.74) is 4.09. The van der Waals surface area contributed by atoms with E-state index >= 15 is 0 Å². The van der Waals surface area contributed by atoms with Gasteiger partial charge in [0, 0.05) is 6.20 Å². The third-order valence-electron chi connectivity index (χ3n) is 2.87. The van der Waals surface area contributed by atoms with Crippen LogP contribution >= 0.6 is 11.6 Å². The molecule has 0 saturated heterocycles. The Hall–Kier alpha value is -2.60. The first-order chi connectivity index (χ1) is 10.1. The first-order valence-corrected chi connectivity index (χ1v) is 6.54. The van der Waals surface area contributed by atoms with Crippen LogP contribution in [0.15, 0.2) is 46.2 Å². The number of aromatic nitrogens is 2. The van der Waals surface area contributed by atoms with E-state index in [4.69, 9.17) is 16.0 Å². The number of hydrazone groups is 1. The zero-order chi connectivity index (χ0) is 14.8. The number of pyridine rings is 1. The van der Waals surface area contributed by atoms with Crippen LogP contribution in [0.2, 0.25) is 5.02 Å². The van der Waals surface area contributed by atoms with Gasteiger partial charge in [0.15, 0.2) is 0 Å². The number of amides is 1. The molecule has 1 N–H and O–H groups in total. The number of imidazole rings is 1. The molecule has 0 unspecified atom stereocenters. The van der Waals surface area contributed by atoms with Crippen LogP contribution in [-0.2, 0) is 0 Å². The molecule has 0 spiro atoms. The summed E-state index contributed by atoms with van der Waals surface area (Å²) < 4.78 is 6.71. The molecule has 0 aromatic carbocycles. The van der Waals surface area contributed by atoms with Gasteiger partial charge in [0.2, 0.25) is 0 Å². The second kappa shape index (κ2) is 5.41. The van der Waals surface area contributed by atoms with E-state index in [1.165, 1.54) is 12.5 Å². The number of nitrogens with one attached hydrogen (secondary N) is 1. The fraction of sp³-hybridized carbons (Fsp3) is 0.0714. The molecule has 3 rings (SSSR count). The zero-order valence-electron chi connectivity index (χ0n) is 11.1. The molecule has 0 aliphatic carbocycles. The number of hydrogen-bond donors (Lipinski definition) is 1. The Balaban J connectivity index is 1.87. The molecule has 0 fully saturated rings. The number of fused-ring (bicyclic) bond motifs is 1. The molecule has 0 aliphatic heterocycles. The van der Waals surface area contributed by atoms with E-state index in [1.54, 1.807) is 41.8 Å². The van der Waals surface area contributed by atoms with Gasteiger partial charge in [0.1, 0.15) is 17.1 Å². The number of aryl methyl sites for hydroxylation is 1. The van der Waals surface area contributed by atoms with Crippen molar-refractivity contribution in [3.63, 3.8) is 0 Å². The normalized spacial score (nSPS) is 11.3. The first-order valence-electron chi connectivity index (χ1n) is 6.16. The summed E-state index contributed by atoms with van der Waals surface area (Å²) in [6, 6.07) is 6.94. The average Bonchev–Trinajstić information content (AvgIpc) is 3.05. The molecule has 0 saturated carbocycles. The lowest BCUT2D eigenvalue weighted by Crippen LogP contribution is -2.20. The minimum Gasteiger partial charge on any atom is -0.463 e. The van der Waals surface area contributed by atoms with Gasteiger partial charge < -0.3 is 4.42 Å².